The molecule has 0 bridgehead atoms. The van der Waals surface area contributed by atoms with Crippen molar-refractivity contribution in [3.05, 3.63) is 240 Å². The molecule has 0 aliphatic heterocycles. The minimum atomic E-state index is 0.650. The van der Waals surface area contributed by atoms with Crippen LogP contribution >= 0.6 is 0 Å². The fourth-order valence-corrected chi connectivity index (χ4v) is 11.6. The molecule has 0 aliphatic carbocycles. The third-order valence-electron chi connectivity index (χ3n) is 15.2. The Morgan fingerprint density at radius 1 is 0.280 bits per heavy atom. The predicted molar refractivity (Wildman–Crippen MR) is 313 cm³/mol. The molecule has 75 heavy (non-hydrogen) atoms. The number of pyridine rings is 1. The summed E-state index contributed by atoms with van der Waals surface area (Å²) in [5, 5.41) is 7.18. The van der Waals surface area contributed by atoms with Gasteiger partial charge in [-0.3, -0.25) is 9.13 Å². The third-order valence-corrected chi connectivity index (χ3v) is 15.2. The van der Waals surface area contributed by atoms with Crippen LogP contribution in [0.15, 0.2) is 206 Å². The lowest BCUT2D eigenvalue weighted by molar-refractivity contribution is 0.984. The summed E-state index contributed by atoms with van der Waals surface area (Å²) in [6, 6.07) is 75.1. The molecule has 0 saturated carbocycles. The molecule has 6 heteroatoms. The molecule has 0 amide bonds. The van der Waals surface area contributed by atoms with Crippen LogP contribution in [0.1, 0.15) is 33.4 Å². The lowest BCUT2D eigenvalue weighted by Crippen LogP contribution is -2.11. The van der Waals surface area contributed by atoms with Crippen LogP contribution in [-0.4, -0.2) is 28.7 Å². The summed E-state index contributed by atoms with van der Waals surface area (Å²) >= 11 is 0. The van der Waals surface area contributed by atoms with Crippen LogP contribution in [0, 0.1) is 41.5 Å². The van der Waals surface area contributed by atoms with Crippen molar-refractivity contribution in [2.75, 3.05) is 0 Å². The third kappa shape index (κ3) is 7.27. The largest absolute Gasteiger partial charge is 0.305 e. The van der Waals surface area contributed by atoms with Gasteiger partial charge in [-0.1, -0.05) is 149 Å². The van der Waals surface area contributed by atoms with Crippen LogP contribution < -0.4 is 0 Å². The van der Waals surface area contributed by atoms with Gasteiger partial charge in [-0.15, -0.1) is 0 Å². The van der Waals surface area contributed by atoms with Crippen LogP contribution in [0.2, 0.25) is 0 Å². The van der Waals surface area contributed by atoms with Gasteiger partial charge in [0.05, 0.1) is 50.2 Å². The first-order valence-corrected chi connectivity index (χ1v) is 25.8. The first-order valence-electron chi connectivity index (χ1n) is 25.8. The number of hydrogen-bond acceptors (Lipinski definition) is 3. The van der Waals surface area contributed by atoms with Gasteiger partial charge in [-0.25, -0.2) is 15.0 Å². The molecule has 0 unspecified atom stereocenters. The molecule has 0 fully saturated rings. The average molecular weight is 965 g/mol. The van der Waals surface area contributed by atoms with Crippen LogP contribution in [0.5, 0.6) is 0 Å². The van der Waals surface area contributed by atoms with Gasteiger partial charge in [0.2, 0.25) is 0 Å². The summed E-state index contributed by atoms with van der Waals surface area (Å²) in [5.41, 5.74) is 21.6. The molecule has 0 aliphatic rings. The van der Waals surface area contributed by atoms with Gasteiger partial charge in [-0.05, 0) is 138 Å². The highest BCUT2D eigenvalue weighted by atomic mass is 15.2. The van der Waals surface area contributed by atoms with Gasteiger partial charge in [0.15, 0.2) is 11.6 Å². The smallest absolute Gasteiger partial charge is 0.165 e. The van der Waals surface area contributed by atoms with E-state index in [9.17, 15) is 0 Å². The van der Waals surface area contributed by atoms with Gasteiger partial charge in [0.1, 0.15) is 5.82 Å². The van der Waals surface area contributed by atoms with Crippen LogP contribution in [-0.2, 0) is 0 Å². The van der Waals surface area contributed by atoms with E-state index in [-0.39, 0.29) is 0 Å². The number of nitrogens with zero attached hydrogens (tertiary/aromatic N) is 6. The molecule has 0 atom stereocenters. The van der Waals surface area contributed by atoms with Crippen LogP contribution in [0.3, 0.4) is 0 Å². The Morgan fingerprint density at radius 3 is 1.05 bits per heavy atom. The van der Waals surface area contributed by atoms with Crippen molar-refractivity contribution in [3.63, 3.8) is 0 Å². The zero-order valence-electron chi connectivity index (χ0n) is 42.8. The second-order valence-electron chi connectivity index (χ2n) is 20.6. The Balaban J connectivity index is 1.16. The topological polar surface area (TPSA) is 53.5 Å². The molecule has 0 N–H and O–H groups in total. The average Bonchev–Trinajstić information content (AvgIpc) is 4.06. The van der Waals surface area contributed by atoms with Gasteiger partial charge < -0.3 is 4.57 Å². The molecule has 0 spiro atoms. The Kier molecular flexibility index (Phi) is 10.1. The Hall–Kier alpha value is -9.39. The van der Waals surface area contributed by atoms with Gasteiger partial charge in [0, 0.05) is 54.6 Å². The fourth-order valence-electron chi connectivity index (χ4n) is 11.6. The molecule has 0 radical (unpaired) electrons. The van der Waals surface area contributed by atoms with E-state index in [1.807, 2.05) is 12.1 Å². The number of rotatable bonds is 7. The Labute approximate surface area is 435 Å². The highest BCUT2D eigenvalue weighted by Crippen LogP contribution is 2.45. The molecule has 0 saturated heterocycles. The van der Waals surface area contributed by atoms with Gasteiger partial charge in [-0.2, -0.15) is 0 Å². The van der Waals surface area contributed by atoms with E-state index >= 15 is 0 Å². The van der Waals surface area contributed by atoms with Crippen LogP contribution in [0.4, 0.5) is 0 Å². The van der Waals surface area contributed by atoms with Crippen molar-refractivity contribution in [2.24, 2.45) is 0 Å². The minimum absolute atomic E-state index is 0.650. The monoisotopic (exact) mass is 964 g/mol. The molecular formula is C69H52N6. The molecular weight excluding hydrogens is 913 g/mol. The van der Waals surface area contributed by atoms with E-state index in [0.29, 0.717) is 5.82 Å². The number of fused-ring (bicyclic) bond motifs is 9. The minimum Gasteiger partial charge on any atom is -0.305 e. The highest BCUT2D eigenvalue weighted by molar-refractivity contribution is 6.13. The van der Waals surface area contributed by atoms with Crippen molar-refractivity contribution in [2.45, 2.75) is 41.5 Å². The maximum Gasteiger partial charge on any atom is 0.165 e. The molecule has 5 heterocycles. The SMILES string of the molecule is Cc1ccc2c(c1)c1cc(C)ccc1n2-c1cc(-c2cccc(-c3nc(-c4ccccc4)cc(-c4ccccc4)n3)c2)c(-n2c3ccc(C)cc3c3cc(C)ccc32)c(-n2c3ccc(C)cc3c3cc(C)ccc32)n1. The summed E-state index contributed by atoms with van der Waals surface area (Å²) in [4.78, 5) is 16.8. The second-order valence-corrected chi connectivity index (χ2v) is 20.6. The molecule has 9 aromatic carbocycles. The maximum atomic E-state index is 6.09. The number of aryl methyl sites for hydroxylation is 6. The first kappa shape index (κ1) is 44.3. The zero-order valence-corrected chi connectivity index (χ0v) is 42.8. The number of benzene rings is 9. The summed E-state index contributed by atoms with van der Waals surface area (Å²) in [7, 11) is 0. The molecule has 358 valence electrons. The number of hydrogen-bond donors (Lipinski definition) is 0. The predicted octanol–water partition coefficient (Wildman–Crippen LogP) is 17.7. The quantitative estimate of drug-likeness (QED) is 0.160. The molecule has 14 aromatic rings. The highest BCUT2D eigenvalue weighted by Gasteiger charge is 2.27. The number of aromatic nitrogens is 6. The normalized spacial score (nSPS) is 11.9. The first-order chi connectivity index (χ1) is 36.6. The van der Waals surface area contributed by atoms with E-state index in [0.717, 1.165) is 89.6 Å². The van der Waals surface area contributed by atoms with Crippen molar-refractivity contribution in [1.82, 2.24) is 28.7 Å². The summed E-state index contributed by atoms with van der Waals surface area (Å²) in [6.07, 6.45) is 0. The standard InChI is InChI=1S/C69H52N6/c1-41-20-26-60-52(32-41)53-33-42(2)21-27-61(53)73(60)66-39-51(49-18-13-19-50(38-49)68-70-58(47-14-9-7-10-15-47)40-59(71-68)48-16-11-8-12-17-48)67(74-62-28-22-43(3)34-54(62)55-35-44(4)23-29-63(55)74)69(72-66)75-64-30-24-45(5)36-56(64)57-37-46(6)25-31-65(57)75/h7-40H,1-6H3. The van der Waals surface area contributed by atoms with Crippen molar-refractivity contribution in [3.8, 4) is 62.4 Å². The summed E-state index contributed by atoms with van der Waals surface area (Å²) < 4.78 is 7.29. The van der Waals surface area contributed by atoms with Crippen molar-refractivity contribution in [1.29, 1.82) is 0 Å². The van der Waals surface area contributed by atoms with E-state index in [1.165, 1.54) is 65.7 Å². The zero-order chi connectivity index (χ0) is 50.6. The maximum absolute atomic E-state index is 6.09. The lowest BCUT2D eigenvalue weighted by atomic mass is 10.00. The second kappa shape index (κ2) is 17.1. The van der Waals surface area contributed by atoms with Crippen molar-refractivity contribution >= 4 is 65.4 Å². The van der Waals surface area contributed by atoms with Gasteiger partial charge in [0.25, 0.3) is 0 Å². The molecule has 5 aromatic heterocycles. The Bertz CT molecular complexity index is 4410. The van der Waals surface area contributed by atoms with E-state index in [2.05, 4.69) is 249 Å². The fraction of sp³-hybridized carbons (Fsp3) is 0.0870. The Morgan fingerprint density at radius 2 is 0.640 bits per heavy atom. The lowest BCUT2D eigenvalue weighted by Gasteiger charge is -2.22. The summed E-state index contributed by atoms with van der Waals surface area (Å²) in [5.74, 6) is 2.29. The van der Waals surface area contributed by atoms with Crippen LogP contribution in [0.25, 0.3) is 128 Å². The van der Waals surface area contributed by atoms with E-state index in [1.54, 1.807) is 0 Å². The van der Waals surface area contributed by atoms with Crippen molar-refractivity contribution < 1.29 is 0 Å². The summed E-state index contributed by atoms with van der Waals surface area (Å²) in [6.45, 7) is 13.1. The molecule has 14 rings (SSSR count). The van der Waals surface area contributed by atoms with Gasteiger partial charge >= 0.3 is 0 Å². The molecule has 6 nitrogen and oxygen atoms in total. The van der Waals surface area contributed by atoms with E-state index in [4.69, 9.17) is 15.0 Å². The van der Waals surface area contributed by atoms with E-state index < -0.39 is 0 Å².